The molecule has 0 spiro atoms. The Labute approximate surface area is 128 Å². The lowest BCUT2D eigenvalue weighted by Crippen LogP contribution is -2.12. The molecule has 1 amide bonds. The molecule has 0 fully saturated rings. The highest BCUT2D eigenvalue weighted by molar-refractivity contribution is 6.04. The number of anilines is 1. The number of carbonyl (C=O) groups excluding carboxylic acids is 1. The van der Waals surface area contributed by atoms with E-state index in [1.807, 2.05) is 6.92 Å². The molecule has 22 heavy (non-hydrogen) atoms. The zero-order valence-corrected chi connectivity index (χ0v) is 12.8. The molecule has 4 nitrogen and oxygen atoms in total. The van der Waals surface area contributed by atoms with Gasteiger partial charge in [-0.2, -0.15) is 0 Å². The number of halogens is 1. The molecular weight excluding hydrogens is 285 g/mol. The lowest BCUT2D eigenvalue weighted by molar-refractivity contribution is 0.102. The van der Waals surface area contributed by atoms with Crippen LogP contribution in [-0.4, -0.2) is 19.6 Å². The van der Waals surface area contributed by atoms with Gasteiger partial charge in [-0.15, -0.1) is 0 Å². The average Bonchev–Trinajstić information content (AvgIpc) is 2.51. The molecule has 0 aliphatic heterocycles. The summed E-state index contributed by atoms with van der Waals surface area (Å²) in [5.41, 5.74) is 1.45. The molecule has 0 bridgehead atoms. The van der Waals surface area contributed by atoms with Crippen molar-refractivity contribution < 1.29 is 18.7 Å². The number of carbonyl (C=O) groups is 1. The predicted molar refractivity (Wildman–Crippen MR) is 83.3 cm³/mol. The van der Waals surface area contributed by atoms with Gasteiger partial charge in [0.2, 0.25) is 0 Å². The first kappa shape index (κ1) is 15.8. The van der Waals surface area contributed by atoms with E-state index in [0.717, 1.165) is 0 Å². The molecular formula is C17H18FNO3. The van der Waals surface area contributed by atoms with Crippen LogP contribution in [0.1, 0.15) is 22.8 Å². The Morgan fingerprint density at radius 1 is 1.18 bits per heavy atom. The number of methoxy groups -OCH3 is 1. The van der Waals surface area contributed by atoms with Gasteiger partial charge in [0.15, 0.2) is 11.5 Å². The van der Waals surface area contributed by atoms with Crippen LogP contribution in [0.3, 0.4) is 0 Å². The Morgan fingerprint density at radius 2 is 1.95 bits per heavy atom. The maximum Gasteiger partial charge on any atom is 0.255 e. The van der Waals surface area contributed by atoms with Crippen LogP contribution in [0.5, 0.6) is 11.5 Å². The van der Waals surface area contributed by atoms with E-state index in [0.29, 0.717) is 34.9 Å². The fraction of sp³-hybridized carbons (Fsp3) is 0.235. The summed E-state index contributed by atoms with van der Waals surface area (Å²) in [6.45, 7) is 4.03. The van der Waals surface area contributed by atoms with E-state index >= 15 is 0 Å². The zero-order chi connectivity index (χ0) is 16.1. The second kappa shape index (κ2) is 6.93. The van der Waals surface area contributed by atoms with Crippen molar-refractivity contribution in [3.8, 4) is 11.5 Å². The minimum Gasteiger partial charge on any atom is -0.493 e. The largest absolute Gasteiger partial charge is 0.493 e. The Balaban J connectivity index is 2.20. The molecule has 2 aromatic carbocycles. The summed E-state index contributed by atoms with van der Waals surface area (Å²) in [5, 5.41) is 2.73. The van der Waals surface area contributed by atoms with E-state index in [4.69, 9.17) is 9.47 Å². The maximum absolute atomic E-state index is 13.2. The summed E-state index contributed by atoms with van der Waals surface area (Å²) in [7, 11) is 1.52. The van der Waals surface area contributed by atoms with Gasteiger partial charge in [0.25, 0.3) is 5.91 Å². The Hall–Kier alpha value is -2.56. The lowest BCUT2D eigenvalue weighted by atomic mass is 10.1. The highest BCUT2D eigenvalue weighted by atomic mass is 19.1. The quantitative estimate of drug-likeness (QED) is 0.914. The van der Waals surface area contributed by atoms with Crippen LogP contribution in [0.15, 0.2) is 36.4 Å². The summed E-state index contributed by atoms with van der Waals surface area (Å²) < 4.78 is 23.9. The first-order chi connectivity index (χ1) is 10.5. The van der Waals surface area contributed by atoms with Crippen LogP contribution in [-0.2, 0) is 0 Å². The van der Waals surface area contributed by atoms with Gasteiger partial charge in [-0.3, -0.25) is 4.79 Å². The molecule has 0 saturated carbocycles. The van der Waals surface area contributed by atoms with Crippen LogP contribution in [0.4, 0.5) is 10.1 Å². The predicted octanol–water partition coefficient (Wildman–Crippen LogP) is 3.79. The number of nitrogens with one attached hydrogen (secondary N) is 1. The third-order valence-electron chi connectivity index (χ3n) is 3.14. The second-order valence-electron chi connectivity index (χ2n) is 4.72. The van der Waals surface area contributed by atoms with E-state index in [1.54, 1.807) is 31.2 Å². The van der Waals surface area contributed by atoms with Crippen LogP contribution in [0, 0.1) is 12.7 Å². The molecule has 0 unspecified atom stereocenters. The van der Waals surface area contributed by atoms with Crippen molar-refractivity contribution in [1.82, 2.24) is 0 Å². The van der Waals surface area contributed by atoms with Gasteiger partial charge in [-0.05, 0) is 55.8 Å². The molecule has 5 heteroatoms. The molecule has 0 saturated heterocycles. The van der Waals surface area contributed by atoms with Gasteiger partial charge in [0.1, 0.15) is 5.82 Å². The standard InChI is InChI=1S/C17H18FNO3/c1-4-22-15-8-5-12(10-16(15)21-3)17(20)19-13-6-7-14(18)11(2)9-13/h5-10H,4H2,1-3H3,(H,19,20). The summed E-state index contributed by atoms with van der Waals surface area (Å²) in [4.78, 5) is 12.2. The van der Waals surface area contributed by atoms with Crippen molar-refractivity contribution in [3.63, 3.8) is 0 Å². The van der Waals surface area contributed by atoms with Crippen LogP contribution in [0.2, 0.25) is 0 Å². The van der Waals surface area contributed by atoms with Crippen molar-refractivity contribution in [2.75, 3.05) is 19.0 Å². The highest BCUT2D eigenvalue weighted by Crippen LogP contribution is 2.28. The minimum atomic E-state index is -0.305. The smallest absolute Gasteiger partial charge is 0.255 e. The summed E-state index contributed by atoms with van der Waals surface area (Å²) >= 11 is 0. The molecule has 0 aliphatic carbocycles. The molecule has 2 rings (SSSR count). The number of ether oxygens (including phenoxy) is 2. The number of amides is 1. The Kier molecular flexibility index (Phi) is 4.99. The van der Waals surface area contributed by atoms with Gasteiger partial charge >= 0.3 is 0 Å². The topological polar surface area (TPSA) is 47.6 Å². The van der Waals surface area contributed by atoms with Crippen molar-refractivity contribution in [2.45, 2.75) is 13.8 Å². The third-order valence-corrected chi connectivity index (χ3v) is 3.14. The number of rotatable bonds is 5. The molecule has 116 valence electrons. The van der Waals surface area contributed by atoms with Gasteiger partial charge < -0.3 is 14.8 Å². The molecule has 2 aromatic rings. The Morgan fingerprint density at radius 3 is 2.59 bits per heavy atom. The van der Waals surface area contributed by atoms with Gasteiger partial charge in [-0.1, -0.05) is 0 Å². The molecule has 0 radical (unpaired) electrons. The number of benzene rings is 2. The van der Waals surface area contributed by atoms with Crippen LogP contribution in [0.25, 0.3) is 0 Å². The van der Waals surface area contributed by atoms with Crippen molar-refractivity contribution in [1.29, 1.82) is 0 Å². The van der Waals surface area contributed by atoms with E-state index in [2.05, 4.69) is 5.32 Å². The SMILES string of the molecule is CCOc1ccc(C(=O)Nc2ccc(F)c(C)c2)cc1OC. The van der Waals surface area contributed by atoms with E-state index in [9.17, 15) is 9.18 Å². The third kappa shape index (κ3) is 3.55. The molecule has 0 aliphatic rings. The van der Waals surface area contributed by atoms with Crippen molar-refractivity contribution >= 4 is 11.6 Å². The molecule has 1 N–H and O–H groups in total. The maximum atomic E-state index is 13.2. The summed E-state index contributed by atoms with van der Waals surface area (Å²) in [5.74, 6) is 0.469. The first-order valence-corrected chi connectivity index (χ1v) is 6.93. The van der Waals surface area contributed by atoms with Gasteiger partial charge in [0.05, 0.1) is 13.7 Å². The van der Waals surface area contributed by atoms with Gasteiger partial charge in [-0.25, -0.2) is 4.39 Å². The fourth-order valence-corrected chi connectivity index (χ4v) is 2.01. The van der Waals surface area contributed by atoms with Crippen LogP contribution < -0.4 is 14.8 Å². The van der Waals surface area contributed by atoms with E-state index < -0.39 is 0 Å². The van der Waals surface area contributed by atoms with Crippen LogP contribution >= 0.6 is 0 Å². The molecule has 0 heterocycles. The second-order valence-corrected chi connectivity index (χ2v) is 4.72. The summed E-state index contributed by atoms with van der Waals surface area (Å²) in [6, 6.07) is 9.37. The molecule has 0 aromatic heterocycles. The first-order valence-electron chi connectivity index (χ1n) is 6.93. The van der Waals surface area contributed by atoms with Crippen molar-refractivity contribution in [3.05, 3.63) is 53.3 Å². The highest BCUT2D eigenvalue weighted by Gasteiger charge is 2.11. The van der Waals surface area contributed by atoms with E-state index in [-0.39, 0.29) is 11.7 Å². The average molecular weight is 303 g/mol. The van der Waals surface area contributed by atoms with Crippen molar-refractivity contribution in [2.24, 2.45) is 0 Å². The molecule has 0 atom stereocenters. The summed E-state index contributed by atoms with van der Waals surface area (Å²) in [6.07, 6.45) is 0. The zero-order valence-electron chi connectivity index (χ0n) is 12.8. The number of hydrogen-bond acceptors (Lipinski definition) is 3. The lowest BCUT2D eigenvalue weighted by Gasteiger charge is -2.11. The number of aryl methyl sites for hydroxylation is 1. The normalized spacial score (nSPS) is 10.2. The monoisotopic (exact) mass is 303 g/mol. The Bertz CT molecular complexity index is 686. The minimum absolute atomic E-state index is 0.299. The fourth-order valence-electron chi connectivity index (χ4n) is 2.01. The van der Waals surface area contributed by atoms with Gasteiger partial charge in [0, 0.05) is 11.3 Å². The number of hydrogen-bond donors (Lipinski definition) is 1. The van der Waals surface area contributed by atoms with E-state index in [1.165, 1.54) is 19.2 Å².